The first-order valence-electron chi connectivity index (χ1n) is 5.88. The van der Waals surface area contributed by atoms with Crippen molar-refractivity contribution < 1.29 is 9.72 Å². The second-order valence-electron chi connectivity index (χ2n) is 4.17. The fourth-order valence-corrected chi connectivity index (χ4v) is 2.10. The van der Waals surface area contributed by atoms with Crippen LogP contribution in [0.2, 0.25) is 0 Å². The van der Waals surface area contributed by atoms with Crippen molar-refractivity contribution in [3.63, 3.8) is 0 Å². The van der Waals surface area contributed by atoms with Crippen molar-refractivity contribution in [2.24, 2.45) is 0 Å². The highest BCUT2D eigenvalue weighted by molar-refractivity contribution is 9.10. The average Bonchev–Trinajstić information content (AvgIpc) is 2.43. The van der Waals surface area contributed by atoms with E-state index in [1.807, 2.05) is 0 Å². The van der Waals surface area contributed by atoms with Gasteiger partial charge in [-0.25, -0.2) is 0 Å². The second kappa shape index (κ2) is 6.31. The van der Waals surface area contributed by atoms with Gasteiger partial charge in [0.2, 0.25) is 5.91 Å². The van der Waals surface area contributed by atoms with Crippen molar-refractivity contribution in [1.29, 1.82) is 0 Å². The summed E-state index contributed by atoms with van der Waals surface area (Å²) in [5.74, 6) is -0.507. The topological polar surface area (TPSA) is 105 Å². The van der Waals surface area contributed by atoms with Gasteiger partial charge in [-0.3, -0.25) is 19.7 Å². The zero-order valence-electron chi connectivity index (χ0n) is 10.6. The zero-order chi connectivity index (χ0) is 15.4. The molecule has 7 nitrogen and oxygen atoms in total. The Morgan fingerprint density at radius 3 is 2.81 bits per heavy atom. The summed E-state index contributed by atoms with van der Waals surface area (Å²) in [4.78, 5) is 36.2. The monoisotopic (exact) mass is 351 g/mol. The first-order valence-corrected chi connectivity index (χ1v) is 6.67. The van der Waals surface area contributed by atoms with Gasteiger partial charge in [0.1, 0.15) is 5.69 Å². The highest BCUT2D eigenvalue weighted by atomic mass is 79.9. The van der Waals surface area contributed by atoms with Crippen LogP contribution in [0, 0.1) is 10.1 Å². The molecule has 0 spiro atoms. The summed E-state index contributed by atoms with van der Waals surface area (Å²) in [5, 5.41) is 13.3. The fourth-order valence-electron chi connectivity index (χ4n) is 1.76. The molecule has 0 aliphatic rings. The molecule has 0 saturated heterocycles. The van der Waals surface area contributed by atoms with Gasteiger partial charge in [0.15, 0.2) is 0 Å². The molecule has 0 aliphatic heterocycles. The van der Waals surface area contributed by atoms with Crippen LogP contribution in [0.3, 0.4) is 0 Å². The lowest BCUT2D eigenvalue weighted by Gasteiger charge is -2.05. The summed E-state index contributed by atoms with van der Waals surface area (Å²) in [7, 11) is 0. The molecule has 0 fully saturated rings. The standard InChI is InChI=1S/C13H10BrN3O4/c14-9-6-10(13(19)15-7-9)16-12(18)5-8-3-1-2-4-11(8)17(20)21/h1-4,6-7H,5H2,(H,15,19)(H,16,18). The van der Waals surface area contributed by atoms with Crippen molar-refractivity contribution in [3.05, 3.63) is 67.0 Å². The van der Waals surface area contributed by atoms with Crippen LogP contribution in [0.5, 0.6) is 0 Å². The number of nitro groups is 1. The smallest absolute Gasteiger partial charge is 0.273 e. The molecule has 8 heteroatoms. The van der Waals surface area contributed by atoms with E-state index in [1.54, 1.807) is 6.07 Å². The Bertz CT molecular complexity index is 757. The number of nitrogens with one attached hydrogen (secondary N) is 2. The molecule has 108 valence electrons. The number of aromatic amines is 1. The van der Waals surface area contributed by atoms with Gasteiger partial charge < -0.3 is 10.3 Å². The van der Waals surface area contributed by atoms with Crippen molar-refractivity contribution in [2.75, 3.05) is 5.32 Å². The SMILES string of the molecule is O=C(Cc1ccccc1[N+](=O)[O-])Nc1cc(Br)c[nH]c1=O. The van der Waals surface area contributed by atoms with Gasteiger partial charge in [-0.1, -0.05) is 18.2 Å². The van der Waals surface area contributed by atoms with Crippen LogP contribution in [0.15, 0.2) is 45.8 Å². The Kier molecular flexibility index (Phi) is 4.49. The number of H-pyrrole nitrogens is 1. The van der Waals surface area contributed by atoms with Crippen LogP contribution in [0.1, 0.15) is 5.56 Å². The molecule has 1 aromatic carbocycles. The minimum atomic E-state index is -0.547. The van der Waals surface area contributed by atoms with E-state index < -0.39 is 16.4 Å². The lowest BCUT2D eigenvalue weighted by Crippen LogP contribution is -2.21. The Labute approximate surface area is 127 Å². The number of halogens is 1. The van der Waals surface area contributed by atoms with E-state index in [2.05, 4.69) is 26.2 Å². The van der Waals surface area contributed by atoms with E-state index in [1.165, 1.54) is 30.5 Å². The summed E-state index contributed by atoms with van der Waals surface area (Å²) in [6.07, 6.45) is 1.25. The highest BCUT2D eigenvalue weighted by Crippen LogP contribution is 2.18. The van der Waals surface area contributed by atoms with Gasteiger partial charge in [-0.05, 0) is 22.0 Å². The molecule has 0 atom stereocenters. The third kappa shape index (κ3) is 3.76. The Hall–Kier alpha value is -2.48. The third-order valence-electron chi connectivity index (χ3n) is 2.68. The normalized spacial score (nSPS) is 10.1. The van der Waals surface area contributed by atoms with Crippen LogP contribution >= 0.6 is 15.9 Å². The maximum absolute atomic E-state index is 11.9. The number of nitrogens with zero attached hydrogens (tertiary/aromatic N) is 1. The number of amides is 1. The third-order valence-corrected chi connectivity index (χ3v) is 3.14. The van der Waals surface area contributed by atoms with Gasteiger partial charge in [-0.2, -0.15) is 0 Å². The van der Waals surface area contributed by atoms with E-state index in [9.17, 15) is 19.7 Å². The number of carbonyl (C=O) groups excluding carboxylic acids is 1. The van der Waals surface area contributed by atoms with Gasteiger partial charge in [0, 0.05) is 22.3 Å². The average molecular weight is 352 g/mol. The molecule has 0 aliphatic carbocycles. The number of aromatic nitrogens is 1. The lowest BCUT2D eigenvalue weighted by molar-refractivity contribution is -0.385. The summed E-state index contributed by atoms with van der Waals surface area (Å²) in [6, 6.07) is 7.42. The van der Waals surface area contributed by atoms with Gasteiger partial charge >= 0.3 is 0 Å². The molecular weight excluding hydrogens is 342 g/mol. The Balaban J connectivity index is 2.18. The van der Waals surface area contributed by atoms with Crippen LogP contribution in [0.4, 0.5) is 11.4 Å². The van der Waals surface area contributed by atoms with Crippen LogP contribution < -0.4 is 10.9 Å². The predicted octanol–water partition coefficient (Wildman–Crippen LogP) is 2.23. The molecule has 1 amide bonds. The van der Waals surface area contributed by atoms with E-state index in [-0.39, 0.29) is 23.4 Å². The van der Waals surface area contributed by atoms with Gasteiger partial charge in [0.05, 0.1) is 11.3 Å². The zero-order valence-corrected chi connectivity index (χ0v) is 12.2. The number of rotatable bonds is 4. The first-order chi connectivity index (χ1) is 9.97. The van der Waals surface area contributed by atoms with Crippen molar-refractivity contribution >= 4 is 33.2 Å². The molecule has 2 aromatic rings. The number of hydrogen-bond donors (Lipinski definition) is 2. The van der Waals surface area contributed by atoms with Crippen LogP contribution in [-0.4, -0.2) is 15.8 Å². The predicted molar refractivity (Wildman–Crippen MR) is 80.2 cm³/mol. The number of nitro benzene ring substituents is 1. The lowest BCUT2D eigenvalue weighted by atomic mass is 10.1. The summed E-state index contributed by atoms with van der Waals surface area (Å²) >= 11 is 3.17. The molecular formula is C13H10BrN3O4. The highest BCUT2D eigenvalue weighted by Gasteiger charge is 2.16. The summed E-state index contributed by atoms with van der Waals surface area (Å²) < 4.78 is 0.600. The Morgan fingerprint density at radius 2 is 2.10 bits per heavy atom. The number of para-hydroxylation sites is 1. The molecule has 0 bridgehead atoms. The van der Waals surface area contributed by atoms with Crippen molar-refractivity contribution in [3.8, 4) is 0 Å². The Morgan fingerprint density at radius 1 is 1.38 bits per heavy atom. The fraction of sp³-hybridized carbons (Fsp3) is 0.0769. The summed E-state index contributed by atoms with van der Waals surface area (Å²) in [6.45, 7) is 0. The number of carbonyl (C=O) groups is 1. The first kappa shape index (κ1) is 14.9. The number of anilines is 1. The van der Waals surface area contributed by atoms with E-state index in [0.29, 0.717) is 4.47 Å². The van der Waals surface area contributed by atoms with Crippen molar-refractivity contribution in [1.82, 2.24) is 4.98 Å². The molecule has 0 radical (unpaired) electrons. The minimum Gasteiger partial charge on any atom is -0.326 e. The molecule has 2 rings (SSSR count). The molecule has 0 unspecified atom stereocenters. The van der Waals surface area contributed by atoms with E-state index >= 15 is 0 Å². The van der Waals surface area contributed by atoms with Gasteiger partial charge in [-0.15, -0.1) is 0 Å². The number of benzene rings is 1. The van der Waals surface area contributed by atoms with Crippen LogP contribution in [0.25, 0.3) is 0 Å². The quantitative estimate of drug-likeness (QED) is 0.650. The van der Waals surface area contributed by atoms with Gasteiger partial charge in [0.25, 0.3) is 11.2 Å². The minimum absolute atomic E-state index is 0.0768. The maximum Gasteiger partial charge on any atom is 0.273 e. The van der Waals surface area contributed by atoms with E-state index in [0.717, 1.165) is 0 Å². The summed E-state index contributed by atoms with van der Waals surface area (Å²) in [5.41, 5.74) is -0.218. The molecule has 1 aromatic heterocycles. The molecule has 21 heavy (non-hydrogen) atoms. The van der Waals surface area contributed by atoms with Crippen molar-refractivity contribution in [2.45, 2.75) is 6.42 Å². The maximum atomic E-state index is 11.9. The second-order valence-corrected chi connectivity index (χ2v) is 5.09. The molecule has 1 heterocycles. The largest absolute Gasteiger partial charge is 0.326 e. The van der Waals surface area contributed by atoms with E-state index in [4.69, 9.17) is 0 Å². The molecule has 0 saturated carbocycles. The number of pyridine rings is 1. The van der Waals surface area contributed by atoms with Crippen LogP contribution in [-0.2, 0) is 11.2 Å². The molecule has 2 N–H and O–H groups in total. The number of hydrogen-bond acceptors (Lipinski definition) is 4.